The summed E-state index contributed by atoms with van der Waals surface area (Å²) in [5, 5.41) is 17.6. The minimum absolute atomic E-state index is 0.00868. The molecule has 0 aliphatic carbocycles. The Bertz CT molecular complexity index is 1060. The Kier molecular flexibility index (Phi) is 5.76. The van der Waals surface area contributed by atoms with Crippen molar-refractivity contribution >= 4 is 17.2 Å². The molecule has 4 rings (SSSR count). The number of aryl methyl sites for hydroxylation is 1. The number of hydrogen-bond acceptors (Lipinski definition) is 5. The van der Waals surface area contributed by atoms with Crippen LogP contribution < -0.4 is 5.32 Å². The Morgan fingerprint density at radius 1 is 1.07 bits per heavy atom. The molecule has 0 fully saturated rings. The average Bonchev–Trinajstić information content (AvgIpc) is 3.45. The molecule has 6 nitrogen and oxygen atoms in total. The number of benzene rings is 2. The first-order valence-electron chi connectivity index (χ1n) is 9.48. The molecule has 0 unspecified atom stereocenters. The van der Waals surface area contributed by atoms with Gasteiger partial charge in [-0.05, 0) is 34.2 Å². The molecule has 1 N–H and O–H groups in total. The van der Waals surface area contributed by atoms with E-state index in [1.54, 1.807) is 11.3 Å². The largest absolute Gasteiger partial charge is 0.343 e. The predicted molar refractivity (Wildman–Crippen MR) is 113 cm³/mol. The van der Waals surface area contributed by atoms with Gasteiger partial charge in [-0.15, -0.1) is 21.5 Å². The number of carbonyl (C=O) groups excluding carboxylic acids is 1. The Labute approximate surface area is 173 Å². The highest BCUT2D eigenvalue weighted by Crippen LogP contribution is 2.25. The van der Waals surface area contributed by atoms with E-state index in [0.717, 1.165) is 22.4 Å². The molecular formula is C22H21N5OS. The molecule has 0 aliphatic heterocycles. The van der Waals surface area contributed by atoms with Gasteiger partial charge in [0.15, 0.2) is 0 Å². The van der Waals surface area contributed by atoms with Crippen LogP contribution in [0.4, 0.5) is 0 Å². The van der Waals surface area contributed by atoms with Crippen molar-refractivity contribution in [3.8, 4) is 11.4 Å². The first-order valence-corrected chi connectivity index (χ1v) is 10.4. The van der Waals surface area contributed by atoms with Crippen molar-refractivity contribution < 1.29 is 4.79 Å². The zero-order chi connectivity index (χ0) is 20.1. The van der Waals surface area contributed by atoms with E-state index in [4.69, 9.17) is 0 Å². The Balaban J connectivity index is 1.46. The van der Waals surface area contributed by atoms with Gasteiger partial charge < -0.3 is 5.32 Å². The highest BCUT2D eigenvalue weighted by atomic mass is 32.1. The summed E-state index contributed by atoms with van der Waals surface area (Å²) in [7, 11) is 0. The molecule has 1 amide bonds. The minimum Gasteiger partial charge on any atom is -0.343 e. The van der Waals surface area contributed by atoms with E-state index < -0.39 is 0 Å². The summed E-state index contributed by atoms with van der Waals surface area (Å²) >= 11 is 1.61. The summed E-state index contributed by atoms with van der Waals surface area (Å²) in [6.45, 7) is 2.12. The van der Waals surface area contributed by atoms with Gasteiger partial charge >= 0.3 is 0 Å². The molecule has 4 aromatic rings. The standard InChI is InChI=1S/C22H21N5OS/c1-2-16-10-12-18(13-11-16)22-24-26-27(25-22)15-20(28)23-21(19-9-6-14-29-19)17-7-4-3-5-8-17/h3-14,21H,2,15H2,1H3,(H,23,28)/t21-/m1/s1. The maximum atomic E-state index is 12.7. The van der Waals surface area contributed by atoms with E-state index in [2.05, 4.69) is 27.7 Å². The van der Waals surface area contributed by atoms with E-state index in [9.17, 15) is 4.79 Å². The lowest BCUT2D eigenvalue weighted by Gasteiger charge is -2.17. The number of rotatable bonds is 7. The smallest absolute Gasteiger partial charge is 0.244 e. The van der Waals surface area contributed by atoms with Crippen LogP contribution in [-0.4, -0.2) is 26.1 Å². The summed E-state index contributed by atoms with van der Waals surface area (Å²) < 4.78 is 0. The highest BCUT2D eigenvalue weighted by molar-refractivity contribution is 7.10. The van der Waals surface area contributed by atoms with Gasteiger partial charge in [0.1, 0.15) is 6.54 Å². The van der Waals surface area contributed by atoms with Crippen molar-refractivity contribution in [2.24, 2.45) is 0 Å². The van der Waals surface area contributed by atoms with Gasteiger partial charge in [0.05, 0.1) is 6.04 Å². The maximum Gasteiger partial charge on any atom is 0.244 e. The van der Waals surface area contributed by atoms with Crippen LogP contribution in [-0.2, 0) is 17.8 Å². The Morgan fingerprint density at radius 2 is 1.86 bits per heavy atom. The quantitative estimate of drug-likeness (QED) is 0.508. The van der Waals surface area contributed by atoms with Crippen molar-refractivity contribution in [2.75, 3.05) is 0 Å². The van der Waals surface area contributed by atoms with Crippen LogP contribution in [0.15, 0.2) is 72.1 Å². The molecule has 0 spiro atoms. The molecular weight excluding hydrogens is 382 g/mol. The van der Waals surface area contributed by atoms with Crippen LogP contribution in [0.2, 0.25) is 0 Å². The third kappa shape index (κ3) is 4.57. The molecule has 0 radical (unpaired) electrons. The normalized spacial score (nSPS) is 11.9. The number of tetrazole rings is 1. The number of aromatic nitrogens is 4. The average molecular weight is 404 g/mol. The van der Waals surface area contributed by atoms with Crippen molar-refractivity contribution in [3.63, 3.8) is 0 Å². The number of nitrogens with one attached hydrogen (secondary N) is 1. The zero-order valence-corrected chi connectivity index (χ0v) is 16.8. The number of nitrogens with zero attached hydrogens (tertiary/aromatic N) is 4. The van der Waals surface area contributed by atoms with Gasteiger partial charge in [-0.1, -0.05) is 67.6 Å². The fourth-order valence-electron chi connectivity index (χ4n) is 3.07. The van der Waals surface area contributed by atoms with Crippen molar-refractivity contribution in [1.82, 2.24) is 25.5 Å². The lowest BCUT2D eigenvalue weighted by atomic mass is 10.1. The monoisotopic (exact) mass is 403 g/mol. The van der Waals surface area contributed by atoms with Gasteiger partial charge in [-0.3, -0.25) is 4.79 Å². The minimum atomic E-state index is -0.201. The van der Waals surface area contributed by atoms with E-state index in [1.807, 2.05) is 72.1 Å². The summed E-state index contributed by atoms with van der Waals surface area (Å²) in [5.41, 5.74) is 3.17. The zero-order valence-electron chi connectivity index (χ0n) is 16.0. The second-order valence-corrected chi connectivity index (χ2v) is 7.60. The summed E-state index contributed by atoms with van der Waals surface area (Å²) in [4.78, 5) is 15.1. The third-order valence-corrected chi connectivity index (χ3v) is 5.56. The Morgan fingerprint density at radius 3 is 2.55 bits per heavy atom. The molecule has 29 heavy (non-hydrogen) atoms. The number of thiophene rings is 1. The molecule has 7 heteroatoms. The predicted octanol–water partition coefficient (Wildman–Crippen LogP) is 3.87. The SMILES string of the molecule is CCc1ccc(-c2nnn(CC(=O)N[C@H](c3ccccc3)c3cccs3)n2)cc1. The summed E-state index contributed by atoms with van der Waals surface area (Å²) in [6.07, 6.45) is 0.980. The molecule has 2 aromatic carbocycles. The first-order chi connectivity index (χ1) is 14.2. The molecule has 0 saturated carbocycles. The van der Waals surface area contributed by atoms with Crippen LogP contribution in [0.3, 0.4) is 0 Å². The molecule has 0 aliphatic rings. The van der Waals surface area contributed by atoms with Gasteiger partial charge in [0.2, 0.25) is 11.7 Å². The number of hydrogen-bond donors (Lipinski definition) is 1. The first kappa shape index (κ1) is 19.0. The molecule has 0 saturated heterocycles. The second kappa shape index (κ2) is 8.79. The van der Waals surface area contributed by atoms with Crippen molar-refractivity contribution in [3.05, 3.63) is 88.1 Å². The van der Waals surface area contributed by atoms with E-state index in [0.29, 0.717) is 5.82 Å². The molecule has 1 atom stereocenters. The maximum absolute atomic E-state index is 12.7. The van der Waals surface area contributed by atoms with E-state index in [-0.39, 0.29) is 18.5 Å². The fourth-order valence-corrected chi connectivity index (χ4v) is 3.87. The molecule has 2 heterocycles. The molecule has 2 aromatic heterocycles. The molecule has 146 valence electrons. The van der Waals surface area contributed by atoms with Gasteiger partial charge in [0, 0.05) is 10.4 Å². The fraction of sp³-hybridized carbons (Fsp3) is 0.182. The Hall–Kier alpha value is -3.32. The lowest BCUT2D eigenvalue weighted by molar-refractivity contribution is -0.122. The summed E-state index contributed by atoms with van der Waals surface area (Å²) in [5.74, 6) is 0.343. The third-order valence-electron chi connectivity index (χ3n) is 4.62. The van der Waals surface area contributed by atoms with Gasteiger partial charge in [0.25, 0.3) is 0 Å². The number of carbonyl (C=O) groups is 1. The number of amides is 1. The van der Waals surface area contributed by atoms with Crippen LogP contribution in [0.5, 0.6) is 0 Å². The van der Waals surface area contributed by atoms with Crippen LogP contribution in [0.25, 0.3) is 11.4 Å². The van der Waals surface area contributed by atoms with Crippen LogP contribution in [0.1, 0.15) is 29.0 Å². The van der Waals surface area contributed by atoms with Crippen LogP contribution in [0, 0.1) is 0 Å². The highest BCUT2D eigenvalue weighted by Gasteiger charge is 2.18. The van der Waals surface area contributed by atoms with Gasteiger partial charge in [-0.25, -0.2) is 0 Å². The summed E-state index contributed by atoms with van der Waals surface area (Å²) in [6, 6.07) is 21.8. The van der Waals surface area contributed by atoms with Gasteiger partial charge in [-0.2, -0.15) is 4.80 Å². The van der Waals surface area contributed by atoms with E-state index in [1.165, 1.54) is 10.4 Å². The van der Waals surface area contributed by atoms with Crippen molar-refractivity contribution in [2.45, 2.75) is 25.9 Å². The van der Waals surface area contributed by atoms with Crippen molar-refractivity contribution in [1.29, 1.82) is 0 Å². The van der Waals surface area contributed by atoms with Crippen LogP contribution >= 0.6 is 11.3 Å². The lowest BCUT2D eigenvalue weighted by Crippen LogP contribution is -2.32. The topological polar surface area (TPSA) is 72.7 Å². The van der Waals surface area contributed by atoms with E-state index >= 15 is 0 Å². The second-order valence-electron chi connectivity index (χ2n) is 6.62. The molecule has 0 bridgehead atoms.